The van der Waals surface area contributed by atoms with Crippen molar-refractivity contribution in [2.24, 2.45) is 4.99 Å². The summed E-state index contributed by atoms with van der Waals surface area (Å²) in [7, 11) is 1.74. The second-order valence-corrected chi connectivity index (χ2v) is 6.91. The van der Waals surface area contributed by atoms with E-state index in [2.05, 4.69) is 48.5 Å². The molecule has 2 rings (SSSR count). The lowest BCUT2D eigenvalue weighted by Crippen LogP contribution is -2.43. The van der Waals surface area contributed by atoms with Gasteiger partial charge in [-0.3, -0.25) is 4.99 Å². The molecular weight excluding hydrogens is 458 g/mol. The molecular formula is C20H30FIN4O. The Kier molecular flexibility index (Phi) is 9.21. The number of aryl methyl sites for hydroxylation is 2. The largest absolute Gasteiger partial charge is 0.361 e. The summed E-state index contributed by atoms with van der Waals surface area (Å²) in [5.41, 5.74) is 2.79. The van der Waals surface area contributed by atoms with E-state index in [9.17, 15) is 4.39 Å². The minimum Gasteiger partial charge on any atom is -0.361 e. The molecule has 1 heterocycles. The summed E-state index contributed by atoms with van der Waals surface area (Å²) in [4.78, 5) is 4.28. The monoisotopic (exact) mass is 488 g/mol. The number of nitrogens with zero attached hydrogens (tertiary/aromatic N) is 2. The van der Waals surface area contributed by atoms with Crippen LogP contribution < -0.4 is 10.6 Å². The smallest absolute Gasteiger partial charge is 0.191 e. The quantitative estimate of drug-likeness (QED) is 0.349. The molecule has 0 unspecified atom stereocenters. The van der Waals surface area contributed by atoms with Gasteiger partial charge in [0, 0.05) is 37.5 Å². The van der Waals surface area contributed by atoms with E-state index in [1.165, 1.54) is 6.07 Å². The van der Waals surface area contributed by atoms with Crippen molar-refractivity contribution >= 4 is 29.9 Å². The predicted molar refractivity (Wildman–Crippen MR) is 118 cm³/mol. The SMILES string of the molecule is CCc1noc(CC)c1CNC(=NC)NCC(C)(C)c1cccc(F)c1.I. The van der Waals surface area contributed by atoms with Crippen LogP contribution in [0.2, 0.25) is 0 Å². The van der Waals surface area contributed by atoms with E-state index < -0.39 is 0 Å². The molecule has 0 radical (unpaired) electrons. The van der Waals surface area contributed by atoms with Crippen molar-refractivity contribution in [2.75, 3.05) is 13.6 Å². The number of aliphatic imine (C=N–C) groups is 1. The molecule has 0 aliphatic carbocycles. The van der Waals surface area contributed by atoms with Crippen molar-refractivity contribution in [3.05, 3.63) is 52.7 Å². The molecule has 0 fully saturated rings. The molecule has 0 saturated heterocycles. The van der Waals surface area contributed by atoms with Crippen molar-refractivity contribution in [3.8, 4) is 0 Å². The molecule has 5 nitrogen and oxygen atoms in total. The van der Waals surface area contributed by atoms with Crippen LogP contribution in [0.1, 0.15) is 50.3 Å². The highest BCUT2D eigenvalue weighted by Gasteiger charge is 2.21. The highest BCUT2D eigenvalue weighted by Crippen LogP contribution is 2.22. The highest BCUT2D eigenvalue weighted by molar-refractivity contribution is 14.0. The van der Waals surface area contributed by atoms with Gasteiger partial charge < -0.3 is 15.2 Å². The topological polar surface area (TPSA) is 62.5 Å². The van der Waals surface area contributed by atoms with Crippen molar-refractivity contribution in [1.29, 1.82) is 0 Å². The summed E-state index contributed by atoms with van der Waals surface area (Å²) >= 11 is 0. The number of benzene rings is 1. The summed E-state index contributed by atoms with van der Waals surface area (Å²) in [5.74, 6) is 1.38. The molecule has 27 heavy (non-hydrogen) atoms. The first-order valence-corrected chi connectivity index (χ1v) is 9.08. The molecule has 2 N–H and O–H groups in total. The van der Waals surface area contributed by atoms with E-state index in [0.29, 0.717) is 19.0 Å². The van der Waals surface area contributed by atoms with Crippen LogP contribution in [0.15, 0.2) is 33.8 Å². The van der Waals surface area contributed by atoms with Gasteiger partial charge in [0.15, 0.2) is 5.96 Å². The van der Waals surface area contributed by atoms with Gasteiger partial charge in [0.05, 0.1) is 5.69 Å². The summed E-state index contributed by atoms with van der Waals surface area (Å²) in [6, 6.07) is 6.72. The van der Waals surface area contributed by atoms with Crippen molar-refractivity contribution in [1.82, 2.24) is 15.8 Å². The Balaban J connectivity index is 0.00000364. The fourth-order valence-corrected chi connectivity index (χ4v) is 2.85. The maximum absolute atomic E-state index is 13.5. The summed E-state index contributed by atoms with van der Waals surface area (Å²) in [6.45, 7) is 9.50. The Bertz CT molecular complexity index is 737. The zero-order valence-electron chi connectivity index (χ0n) is 16.7. The van der Waals surface area contributed by atoms with Gasteiger partial charge in [0.1, 0.15) is 11.6 Å². The van der Waals surface area contributed by atoms with Crippen molar-refractivity contribution in [2.45, 2.75) is 52.5 Å². The molecule has 1 aromatic carbocycles. The molecule has 0 atom stereocenters. The third-order valence-electron chi connectivity index (χ3n) is 4.57. The first-order chi connectivity index (χ1) is 12.4. The maximum Gasteiger partial charge on any atom is 0.191 e. The molecule has 0 saturated carbocycles. The Morgan fingerprint density at radius 1 is 1.22 bits per heavy atom. The van der Waals surface area contributed by atoms with Crippen LogP contribution in [0.4, 0.5) is 4.39 Å². The lowest BCUT2D eigenvalue weighted by Gasteiger charge is -2.27. The van der Waals surface area contributed by atoms with Gasteiger partial charge in [0.2, 0.25) is 0 Å². The van der Waals surface area contributed by atoms with Crippen molar-refractivity contribution < 1.29 is 8.91 Å². The van der Waals surface area contributed by atoms with Gasteiger partial charge in [-0.05, 0) is 24.1 Å². The number of guanidine groups is 1. The number of aromatic nitrogens is 1. The van der Waals surface area contributed by atoms with E-state index in [1.807, 2.05) is 6.07 Å². The van der Waals surface area contributed by atoms with Crippen LogP contribution in [0.25, 0.3) is 0 Å². The molecule has 7 heteroatoms. The van der Waals surface area contributed by atoms with Crippen LogP contribution in [0, 0.1) is 5.82 Å². The average Bonchev–Trinajstić information content (AvgIpc) is 3.04. The summed E-state index contributed by atoms with van der Waals surface area (Å²) in [6.07, 6.45) is 1.64. The predicted octanol–water partition coefficient (Wildman–Crippen LogP) is 4.20. The molecule has 2 aromatic rings. The maximum atomic E-state index is 13.5. The van der Waals surface area contributed by atoms with Crippen LogP contribution in [0.5, 0.6) is 0 Å². The lowest BCUT2D eigenvalue weighted by atomic mass is 9.84. The fourth-order valence-electron chi connectivity index (χ4n) is 2.85. The highest BCUT2D eigenvalue weighted by atomic mass is 127. The van der Waals surface area contributed by atoms with Crippen LogP contribution >= 0.6 is 24.0 Å². The van der Waals surface area contributed by atoms with Gasteiger partial charge in [-0.2, -0.15) is 0 Å². The number of rotatable bonds is 7. The molecule has 0 amide bonds. The van der Waals surface area contributed by atoms with E-state index in [4.69, 9.17) is 4.52 Å². The van der Waals surface area contributed by atoms with E-state index in [-0.39, 0.29) is 35.2 Å². The van der Waals surface area contributed by atoms with Crippen LogP contribution in [0.3, 0.4) is 0 Å². The van der Waals surface area contributed by atoms with Gasteiger partial charge in [-0.1, -0.05) is 45.0 Å². The third-order valence-corrected chi connectivity index (χ3v) is 4.57. The second-order valence-electron chi connectivity index (χ2n) is 6.91. The lowest BCUT2D eigenvalue weighted by molar-refractivity contribution is 0.380. The first-order valence-electron chi connectivity index (χ1n) is 9.08. The minimum absolute atomic E-state index is 0. The minimum atomic E-state index is -0.236. The molecule has 0 spiro atoms. The normalized spacial score (nSPS) is 11.9. The van der Waals surface area contributed by atoms with Gasteiger partial charge in [0.25, 0.3) is 0 Å². The second kappa shape index (κ2) is 10.6. The standard InChI is InChI=1S/C20H29FN4O.HI/c1-6-17-16(18(7-2)26-25-17)12-23-19(22-5)24-13-20(3,4)14-9-8-10-15(21)11-14;/h8-11H,6-7,12-13H2,1-5H3,(H2,22,23,24);1H. The van der Waals surface area contributed by atoms with E-state index >= 15 is 0 Å². The molecule has 0 aliphatic rings. The first kappa shape index (κ1) is 23.4. The Morgan fingerprint density at radius 2 is 1.96 bits per heavy atom. The van der Waals surface area contributed by atoms with Gasteiger partial charge in [-0.25, -0.2) is 4.39 Å². The molecule has 0 bridgehead atoms. The fraction of sp³-hybridized carbons (Fsp3) is 0.500. The average molecular weight is 488 g/mol. The molecule has 1 aromatic heterocycles. The van der Waals surface area contributed by atoms with E-state index in [0.717, 1.165) is 35.4 Å². The van der Waals surface area contributed by atoms with E-state index in [1.54, 1.807) is 19.2 Å². The van der Waals surface area contributed by atoms with Gasteiger partial charge in [-0.15, -0.1) is 24.0 Å². The van der Waals surface area contributed by atoms with Crippen molar-refractivity contribution in [3.63, 3.8) is 0 Å². The third kappa shape index (κ3) is 6.19. The zero-order chi connectivity index (χ0) is 19.2. The number of halogens is 2. The zero-order valence-corrected chi connectivity index (χ0v) is 19.1. The number of hydrogen-bond acceptors (Lipinski definition) is 3. The van der Waals surface area contributed by atoms with Crippen LogP contribution in [-0.2, 0) is 24.8 Å². The molecule has 150 valence electrons. The molecule has 0 aliphatic heterocycles. The summed E-state index contributed by atoms with van der Waals surface area (Å²) < 4.78 is 18.9. The van der Waals surface area contributed by atoms with Crippen LogP contribution in [-0.4, -0.2) is 24.7 Å². The summed E-state index contributed by atoms with van der Waals surface area (Å²) in [5, 5.41) is 10.8. The Hall–Kier alpha value is -1.64. The Labute approximate surface area is 178 Å². The van der Waals surface area contributed by atoms with Gasteiger partial charge >= 0.3 is 0 Å². The number of hydrogen-bond donors (Lipinski definition) is 2. The number of nitrogens with one attached hydrogen (secondary N) is 2. The Morgan fingerprint density at radius 3 is 2.56 bits per heavy atom.